The maximum Gasteiger partial charge on any atom is 0.338 e. The first kappa shape index (κ1) is 19.7. The second-order valence-electron chi connectivity index (χ2n) is 6.20. The van der Waals surface area contributed by atoms with Crippen LogP contribution in [0.1, 0.15) is 34.8 Å². The molecule has 5 heteroatoms. The molecule has 2 aromatic carbocycles. The minimum absolute atomic E-state index is 0.00901. The molecule has 1 N–H and O–H groups in total. The van der Waals surface area contributed by atoms with Gasteiger partial charge in [-0.05, 0) is 43.0 Å². The zero-order valence-corrected chi connectivity index (χ0v) is 15.2. The lowest BCUT2D eigenvalue weighted by atomic mass is 10.1. The average Bonchev–Trinajstić information content (AvgIpc) is 2.66. The molecule has 0 heterocycles. The molecule has 0 spiro atoms. The van der Waals surface area contributed by atoms with E-state index in [1.165, 1.54) is 5.56 Å². The molecule has 0 saturated heterocycles. The summed E-state index contributed by atoms with van der Waals surface area (Å²) in [4.78, 5) is 23.9. The third-order valence-corrected chi connectivity index (χ3v) is 3.95. The highest BCUT2D eigenvalue weighted by Crippen LogP contribution is 2.07. The number of rotatable bonds is 9. The molecule has 0 fully saturated rings. The Balaban J connectivity index is 1.70. The van der Waals surface area contributed by atoms with Gasteiger partial charge < -0.3 is 14.8 Å². The van der Waals surface area contributed by atoms with Crippen LogP contribution in [0.2, 0.25) is 0 Å². The van der Waals surface area contributed by atoms with Gasteiger partial charge in [0.25, 0.3) is 5.91 Å². The van der Waals surface area contributed by atoms with E-state index in [-0.39, 0.29) is 18.6 Å². The number of ether oxygens (including phenoxy) is 2. The smallest absolute Gasteiger partial charge is 0.338 e. The summed E-state index contributed by atoms with van der Waals surface area (Å²) in [6.45, 7) is 2.14. The molecule has 2 aromatic rings. The van der Waals surface area contributed by atoms with Crippen LogP contribution in [0.4, 0.5) is 0 Å². The predicted octanol–water partition coefficient (Wildman–Crippen LogP) is 3.13. The second-order valence-corrected chi connectivity index (χ2v) is 6.20. The summed E-state index contributed by atoms with van der Waals surface area (Å²) in [7, 11) is 1.61. The van der Waals surface area contributed by atoms with E-state index in [2.05, 4.69) is 17.4 Å². The largest absolute Gasteiger partial charge is 0.452 e. The summed E-state index contributed by atoms with van der Waals surface area (Å²) < 4.78 is 10.1. The summed E-state index contributed by atoms with van der Waals surface area (Å²) in [5, 5.41) is 2.85. The van der Waals surface area contributed by atoms with Crippen LogP contribution in [0.15, 0.2) is 54.6 Å². The van der Waals surface area contributed by atoms with Crippen molar-refractivity contribution in [3.05, 3.63) is 71.3 Å². The SMILES string of the molecule is COCc1ccc(C(=O)OCC(=O)NC(C)CCc2ccccc2)cc1. The van der Waals surface area contributed by atoms with Gasteiger partial charge in [-0.25, -0.2) is 4.79 Å². The Morgan fingerprint density at radius 2 is 1.69 bits per heavy atom. The van der Waals surface area contributed by atoms with Gasteiger partial charge in [0.05, 0.1) is 12.2 Å². The van der Waals surface area contributed by atoms with E-state index in [9.17, 15) is 9.59 Å². The van der Waals surface area contributed by atoms with Gasteiger partial charge in [0, 0.05) is 13.2 Å². The van der Waals surface area contributed by atoms with E-state index in [1.807, 2.05) is 25.1 Å². The zero-order chi connectivity index (χ0) is 18.8. The zero-order valence-electron chi connectivity index (χ0n) is 15.2. The second kappa shape index (κ2) is 10.4. The first-order valence-corrected chi connectivity index (χ1v) is 8.66. The molecule has 26 heavy (non-hydrogen) atoms. The van der Waals surface area contributed by atoms with Crippen LogP contribution in [0.25, 0.3) is 0 Å². The van der Waals surface area contributed by atoms with Crippen LogP contribution in [0.3, 0.4) is 0 Å². The number of benzene rings is 2. The van der Waals surface area contributed by atoms with E-state index < -0.39 is 5.97 Å². The molecule has 0 aromatic heterocycles. The highest BCUT2D eigenvalue weighted by Gasteiger charge is 2.12. The Morgan fingerprint density at radius 3 is 2.35 bits per heavy atom. The van der Waals surface area contributed by atoms with Crippen molar-refractivity contribution in [3.8, 4) is 0 Å². The van der Waals surface area contributed by atoms with E-state index in [0.717, 1.165) is 18.4 Å². The number of amides is 1. The number of carbonyl (C=O) groups is 2. The highest BCUT2D eigenvalue weighted by atomic mass is 16.5. The van der Waals surface area contributed by atoms with E-state index >= 15 is 0 Å². The fourth-order valence-electron chi connectivity index (χ4n) is 2.53. The van der Waals surface area contributed by atoms with Crippen LogP contribution in [0, 0.1) is 0 Å². The molecule has 1 unspecified atom stereocenters. The maximum atomic E-state index is 12.0. The quantitative estimate of drug-likeness (QED) is 0.702. The summed E-state index contributed by atoms with van der Waals surface area (Å²) in [6.07, 6.45) is 1.71. The normalized spacial score (nSPS) is 11.6. The van der Waals surface area contributed by atoms with Gasteiger partial charge >= 0.3 is 5.97 Å². The lowest BCUT2D eigenvalue weighted by molar-refractivity contribution is -0.124. The summed E-state index contributed by atoms with van der Waals surface area (Å²) in [5.74, 6) is -0.809. The van der Waals surface area contributed by atoms with Crippen molar-refractivity contribution in [1.29, 1.82) is 0 Å². The number of esters is 1. The standard InChI is InChI=1S/C21H25NO4/c1-16(8-9-17-6-4-3-5-7-17)22-20(23)15-26-21(24)19-12-10-18(11-13-19)14-25-2/h3-7,10-13,16H,8-9,14-15H2,1-2H3,(H,22,23). The van der Waals surface area contributed by atoms with Gasteiger partial charge in [-0.15, -0.1) is 0 Å². The first-order valence-electron chi connectivity index (χ1n) is 8.66. The molecule has 5 nitrogen and oxygen atoms in total. The Morgan fingerprint density at radius 1 is 1.00 bits per heavy atom. The molecule has 0 radical (unpaired) electrons. The number of nitrogens with one attached hydrogen (secondary N) is 1. The maximum absolute atomic E-state index is 12.0. The summed E-state index contributed by atoms with van der Waals surface area (Å²) in [5.41, 5.74) is 2.61. The summed E-state index contributed by atoms with van der Waals surface area (Å²) in [6, 6.07) is 17.0. The number of hydrogen-bond acceptors (Lipinski definition) is 4. The van der Waals surface area contributed by atoms with E-state index in [0.29, 0.717) is 12.2 Å². The first-order chi connectivity index (χ1) is 12.6. The van der Waals surface area contributed by atoms with Gasteiger partial charge in [0.2, 0.25) is 0 Å². The molecular weight excluding hydrogens is 330 g/mol. The van der Waals surface area contributed by atoms with Crippen molar-refractivity contribution >= 4 is 11.9 Å². The number of carbonyl (C=O) groups excluding carboxylic acids is 2. The van der Waals surface area contributed by atoms with Crippen molar-refractivity contribution in [2.24, 2.45) is 0 Å². The average molecular weight is 355 g/mol. The molecule has 2 rings (SSSR count). The molecule has 0 aliphatic carbocycles. The molecular formula is C21H25NO4. The number of aryl methyl sites for hydroxylation is 1. The molecule has 0 aliphatic rings. The van der Waals surface area contributed by atoms with Crippen LogP contribution < -0.4 is 5.32 Å². The fourth-order valence-corrected chi connectivity index (χ4v) is 2.53. The van der Waals surface area contributed by atoms with Crippen molar-refractivity contribution in [3.63, 3.8) is 0 Å². The topological polar surface area (TPSA) is 64.6 Å². The molecule has 1 amide bonds. The third kappa shape index (κ3) is 6.69. The number of methoxy groups -OCH3 is 1. The Hall–Kier alpha value is -2.66. The molecule has 0 saturated carbocycles. The van der Waals surface area contributed by atoms with Gasteiger partial charge in [0.1, 0.15) is 0 Å². The van der Waals surface area contributed by atoms with Crippen LogP contribution in [-0.2, 0) is 27.3 Å². The molecule has 0 aliphatic heterocycles. The minimum Gasteiger partial charge on any atom is -0.452 e. The van der Waals surface area contributed by atoms with Gasteiger partial charge in [-0.1, -0.05) is 42.5 Å². The third-order valence-electron chi connectivity index (χ3n) is 3.95. The summed E-state index contributed by atoms with van der Waals surface area (Å²) >= 11 is 0. The number of hydrogen-bond donors (Lipinski definition) is 1. The molecule has 0 bridgehead atoms. The Labute approximate surface area is 154 Å². The molecule has 1 atom stereocenters. The van der Waals surface area contributed by atoms with Crippen LogP contribution in [0.5, 0.6) is 0 Å². The van der Waals surface area contributed by atoms with Crippen molar-refractivity contribution in [2.75, 3.05) is 13.7 Å². The monoisotopic (exact) mass is 355 g/mol. The fraction of sp³-hybridized carbons (Fsp3) is 0.333. The predicted molar refractivity (Wildman–Crippen MR) is 99.8 cm³/mol. The van der Waals surface area contributed by atoms with Crippen molar-refractivity contribution in [2.45, 2.75) is 32.4 Å². The van der Waals surface area contributed by atoms with Crippen molar-refractivity contribution in [1.82, 2.24) is 5.32 Å². The highest BCUT2D eigenvalue weighted by molar-refractivity contribution is 5.91. The Bertz CT molecular complexity index is 698. The lowest BCUT2D eigenvalue weighted by Gasteiger charge is -2.14. The lowest BCUT2D eigenvalue weighted by Crippen LogP contribution is -2.36. The Kier molecular flexibility index (Phi) is 7.83. The van der Waals surface area contributed by atoms with Crippen LogP contribution in [-0.4, -0.2) is 31.6 Å². The van der Waals surface area contributed by atoms with E-state index in [1.54, 1.807) is 31.4 Å². The molecule has 138 valence electrons. The minimum atomic E-state index is -0.513. The van der Waals surface area contributed by atoms with E-state index in [4.69, 9.17) is 9.47 Å². The van der Waals surface area contributed by atoms with Crippen LogP contribution >= 0.6 is 0 Å². The van der Waals surface area contributed by atoms with Gasteiger partial charge in [-0.2, -0.15) is 0 Å². The van der Waals surface area contributed by atoms with Crippen molar-refractivity contribution < 1.29 is 19.1 Å². The van der Waals surface area contributed by atoms with Gasteiger partial charge in [-0.3, -0.25) is 4.79 Å². The van der Waals surface area contributed by atoms with Gasteiger partial charge in [0.15, 0.2) is 6.61 Å².